The van der Waals surface area contributed by atoms with Crippen LogP contribution in [0.3, 0.4) is 0 Å². The van der Waals surface area contributed by atoms with Gasteiger partial charge in [-0.05, 0) is 45.7 Å². The molecule has 2 saturated heterocycles. The Bertz CT molecular complexity index is 544. The fourth-order valence-electron chi connectivity index (χ4n) is 2.72. The van der Waals surface area contributed by atoms with Gasteiger partial charge in [0.25, 0.3) is 5.91 Å². The van der Waals surface area contributed by atoms with Crippen LogP contribution in [-0.2, 0) is 19.0 Å². The van der Waals surface area contributed by atoms with E-state index in [0.717, 1.165) is 18.5 Å². The maximum atomic E-state index is 12.1. The Morgan fingerprint density at radius 1 is 1.36 bits per heavy atom. The van der Waals surface area contributed by atoms with Crippen LogP contribution in [0.1, 0.15) is 45.4 Å². The van der Waals surface area contributed by atoms with E-state index in [2.05, 4.69) is 10.3 Å². The fourth-order valence-corrected chi connectivity index (χ4v) is 2.72. The lowest BCUT2D eigenvalue weighted by Crippen LogP contribution is -2.27. The second-order valence-electron chi connectivity index (χ2n) is 6.29. The standard InChI is InChI=1S/C16H22N2O4/c1-10-4-7-13(21-10)15(19)18-11-5-6-12(17-8-11)14-9-20-16(2,3)22-14/h5-6,8,10,13-14H,4,7,9H2,1-3H3,(H,18,19). The zero-order valence-corrected chi connectivity index (χ0v) is 13.2. The van der Waals surface area contributed by atoms with Gasteiger partial charge < -0.3 is 19.5 Å². The summed E-state index contributed by atoms with van der Waals surface area (Å²) in [5.74, 6) is -0.684. The van der Waals surface area contributed by atoms with E-state index in [-0.39, 0.29) is 24.2 Å². The predicted molar refractivity (Wildman–Crippen MR) is 80.3 cm³/mol. The van der Waals surface area contributed by atoms with Crippen molar-refractivity contribution in [3.63, 3.8) is 0 Å². The number of rotatable bonds is 3. The van der Waals surface area contributed by atoms with Crippen LogP contribution in [-0.4, -0.2) is 35.5 Å². The van der Waals surface area contributed by atoms with E-state index >= 15 is 0 Å². The minimum Gasteiger partial charge on any atom is -0.365 e. The van der Waals surface area contributed by atoms with Crippen molar-refractivity contribution in [2.45, 2.75) is 57.7 Å². The molecule has 6 heteroatoms. The summed E-state index contributed by atoms with van der Waals surface area (Å²) in [5, 5.41) is 2.84. The lowest BCUT2D eigenvalue weighted by atomic mass is 10.2. The number of aromatic nitrogens is 1. The summed E-state index contributed by atoms with van der Waals surface area (Å²) in [6.07, 6.45) is 2.95. The summed E-state index contributed by atoms with van der Waals surface area (Å²) in [6.45, 7) is 6.22. The van der Waals surface area contributed by atoms with Crippen LogP contribution in [0.15, 0.2) is 18.3 Å². The highest BCUT2D eigenvalue weighted by molar-refractivity contribution is 5.94. The number of amides is 1. The van der Waals surface area contributed by atoms with Crippen molar-refractivity contribution in [2.75, 3.05) is 11.9 Å². The van der Waals surface area contributed by atoms with E-state index in [1.807, 2.05) is 32.9 Å². The molecular formula is C16H22N2O4. The van der Waals surface area contributed by atoms with Crippen LogP contribution in [0.25, 0.3) is 0 Å². The maximum Gasteiger partial charge on any atom is 0.253 e. The molecule has 120 valence electrons. The van der Waals surface area contributed by atoms with Crippen LogP contribution in [0.2, 0.25) is 0 Å². The summed E-state index contributed by atoms with van der Waals surface area (Å²) in [5.41, 5.74) is 1.46. The first-order chi connectivity index (χ1) is 10.4. The van der Waals surface area contributed by atoms with Crippen molar-refractivity contribution >= 4 is 11.6 Å². The molecule has 2 aliphatic heterocycles. The molecule has 1 amide bonds. The smallest absolute Gasteiger partial charge is 0.253 e. The number of ether oxygens (including phenoxy) is 3. The van der Waals surface area contributed by atoms with Gasteiger partial charge in [0.1, 0.15) is 12.2 Å². The topological polar surface area (TPSA) is 69.7 Å². The van der Waals surface area contributed by atoms with Crippen molar-refractivity contribution in [1.29, 1.82) is 0 Å². The highest BCUT2D eigenvalue weighted by atomic mass is 16.7. The van der Waals surface area contributed by atoms with Gasteiger partial charge in [-0.15, -0.1) is 0 Å². The molecule has 1 N–H and O–H groups in total. The Kier molecular flexibility index (Phi) is 4.16. The average Bonchev–Trinajstić information content (AvgIpc) is 3.05. The number of hydrogen-bond donors (Lipinski definition) is 1. The van der Waals surface area contributed by atoms with E-state index < -0.39 is 5.79 Å². The Morgan fingerprint density at radius 2 is 2.18 bits per heavy atom. The quantitative estimate of drug-likeness (QED) is 0.928. The van der Waals surface area contributed by atoms with Crippen LogP contribution in [0.5, 0.6) is 0 Å². The third kappa shape index (κ3) is 3.45. The number of pyridine rings is 1. The summed E-state index contributed by atoms with van der Waals surface area (Å²) < 4.78 is 16.8. The van der Waals surface area contributed by atoms with Crippen LogP contribution in [0.4, 0.5) is 5.69 Å². The third-order valence-corrected chi connectivity index (χ3v) is 3.92. The monoisotopic (exact) mass is 306 g/mol. The van der Waals surface area contributed by atoms with Crippen molar-refractivity contribution in [3.8, 4) is 0 Å². The Labute approximate surface area is 130 Å². The van der Waals surface area contributed by atoms with Gasteiger partial charge in [0.2, 0.25) is 0 Å². The lowest BCUT2D eigenvalue weighted by molar-refractivity contribution is -0.139. The number of anilines is 1. The van der Waals surface area contributed by atoms with E-state index in [9.17, 15) is 4.79 Å². The van der Waals surface area contributed by atoms with E-state index in [0.29, 0.717) is 12.3 Å². The maximum absolute atomic E-state index is 12.1. The molecule has 0 saturated carbocycles. The Hall–Kier alpha value is -1.50. The number of carbonyl (C=O) groups is 1. The summed E-state index contributed by atoms with van der Waals surface area (Å²) >= 11 is 0. The first-order valence-corrected chi connectivity index (χ1v) is 7.67. The first-order valence-electron chi connectivity index (χ1n) is 7.67. The van der Waals surface area contributed by atoms with Crippen molar-refractivity contribution in [2.24, 2.45) is 0 Å². The van der Waals surface area contributed by atoms with Gasteiger partial charge >= 0.3 is 0 Å². The fraction of sp³-hybridized carbons (Fsp3) is 0.625. The molecule has 6 nitrogen and oxygen atoms in total. The highest BCUT2D eigenvalue weighted by Gasteiger charge is 2.34. The SMILES string of the molecule is CC1CCC(C(=O)Nc2ccc(C3COC(C)(C)O3)nc2)O1. The van der Waals surface area contributed by atoms with Gasteiger partial charge in [0.15, 0.2) is 5.79 Å². The van der Waals surface area contributed by atoms with Gasteiger partial charge in [-0.25, -0.2) is 0 Å². The molecule has 22 heavy (non-hydrogen) atoms. The second-order valence-corrected chi connectivity index (χ2v) is 6.29. The Balaban J connectivity index is 1.59. The lowest BCUT2D eigenvalue weighted by Gasteiger charge is -2.17. The molecular weight excluding hydrogens is 284 g/mol. The molecule has 2 fully saturated rings. The highest BCUT2D eigenvalue weighted by Crippen LogP contribution is 2.32. The zero-order valence-electron chi connectivity index (χ0n) is 13.2. The molecule has 1 aromatic heterocycles. The van der Waals surface area contributed by atoms with Gasteiger partial charge in [-0.3, -0.25) is 9.78 Å². The van der Waals surface area contributed by atoms with Crippen molar-refractivity contribution in [3.05, 3.63) is 24.0 Å². The van der Waals surface area contributed by atoms with E-state index in [1.165, 1.54) is 0 Å². The predicted octanol–water partition coefficient (Wildman–Crippen LogP) is 2.41. The molecule has 0 bridgehead atoms. The molecule has 2 aliphatic rings. The molecule has 0 aromatic carbocycles. The first kappa shape index (κ1) is 15.4. The summed E-state index contributed by atoms with van der Waals surface area (Å²) in [7, 11) is 0. The van der Waals surface area contributed by atoms with Gasteiger partial charge in [0.05, 0.1) is 30.3 Å². The molecule has 0 spiro atoms. The van der Waals surface area contributed by atoms with Gasteiger partial charge in [-0.1, -0.05) is 0 Å². The number of nitrogens with one attached hydrogen (secondary N) is 1. The average molecular weight is 306 g/mol. The minimum absolute atomic E-state index is 0.111. The molecule has 3 atom stereocenters. The number of carbonyl (C=O) groups excluding carboxylic acids is 1. The van der Waals surface area contributed by atoms with E-state index in [4.69, 9.17) is 14.2 Å². The van der Waals surface area contributed by atoms with Crippen molar-refractivity contribution < 1.29 is 19.0 Å². The number of hydrogen-bond acceptors (Lipinski definition) is 5. The van der Waals surface area contributed by atoms with Gasteiger partial charge in [-0.2, -0.15) is 0 Å². The van der Waals surface area contributed by atoms with Crippen LogP contribution >= 0.6 is 0 Å². The Morgan fingerprint density at radius 3 is 2.73 bits per heavy atom. The largest absolute Gasteiger partial charge is 0.365 e. The molecule has 3 heterocycles. The number of nitrogens with zero attached hydrogens (tertiary/aromatic N) is 1. The molecule has 0 aliphatic carbocycles. The van der Waals surface area contributed by atoms with E-state index in [1.54, 1.807) is 6.20 Å². The van der Waals surface area contributed by atoms with Crippen LogP contribution < -0.4 is 5.32 Å². The third-order valence-electron chi connectivity index (χ3n) is 3.92. The molecule has 3 unspecified atom stereocenters. The normalized spacial score (nSPS) is 30.4. The van der Waals surface area contributed by atoms with Gasteiger partial charge in [0, 0.05) is 0 Å². The summed E-state index contributed by atoms with van der Waals surface area (Å²) in [6, 6.07) is 3.68. The summed E-state index contributed by atoms with van der Waals surface area (Å²) in [4.78, 5) is 16.4. The minimum atomic E-state index is -0.574. The van der Waals surface area contributed by atoms with Crippen LogP contribution in [0, 0.1) is 0 Å². The van der Waals surface area contributed by atoms with Crippen molar-refractivity contribution in [1.82, 2.24) is 4.98 Å². The molecule has 0 radical (unpaired) electrons. The molecule has 3 rings (SSSR count). The second kappa shape index (κ2) is 5.95. The zero-order chi connectivity index (χ0) is 15.7. The molecule has 1 aromatic rings.